The van der Waals surface area contributed by atoms with E-state index in [1.54, 1.807) is 0 Å². The van der Waals surface area contributed by atoms with Crippen molar-refractivity contribution in [2.45, 2.75) is 33.6 Å². The van der Waals surface area contributed by atoms with Gasteiger partial charge in [-0.3, -0.25) is 0 Å². The van der Waals surface area contributed by atoms with Crippen LogP contribution in [0.25, 0.3) is 10.2 Å². The molecule has 1 fully saturated rings. The number of halogens is 1. The first-order valence-electron chi connectivity index (χ1n) is 7.86. The highest BCUT2D eigenvalue weighted by Gasteiger charge is 2.25. The van der Waals surface area contributed by atoms with Crippen LogP contribution in [0.1, 0.15) is 41.9 Å². The molecule has 0 aromatic carbocycles. The van der Waals surface area contributed by atoms with Gasteiger partial charge < -0.3 is 9.64 Å². The lowest BCUT2D eigenvalue weighted by molar-refractivity contribution is 0.0464. The lowest BCUT2D eigenvalue weighted by atomic mass is 10.2. The van der Waals surface area contributed by atoms with Crippen molar-refractivity contribution in [2.24, 2.45) is 5.92 Å². The standard InChI is InChI=1S/C16H20ClN3O2S/c1-9(2)8-22-15(21)12-10(3)11-13(20-6-4-5-7-20)18-16(17)19-14(11)23-12/h9H,4-8H2,1-3H3. The first-order chi connectivity index (χ1) is 11.0. The summed E-state index contributed by atoms with van der Waals surface area (Å²) < 4.78 is 5.37. The highest BCUT2D eigenvalue weighted by Crippen LogP contribution is 2.37. The van der Waals surface area contributed by atoms with Crippen molar-refractivity contribution in [3.8, 4) is 0 Å². The van der Waals surface area contributed by atoms with Gasteiger partial charge in [-0.1, -0.05) is 13.8 Å². The van der Waals surface area contributed by atoms with Crippen molar-refractivity contribution in [3.05, 3.63) is 15.7 Å². The van der Waals surface area contributed by atoms with Gasteiger partial charge in [0.05, 0.1) is 12.0 Å². The summed E-state index contributed by atoms with van der Waals surface area (Å²) >= 11 is 7.42. The lowest BCUT2D eigenvalue weighted by Gasteiger charge is -2.17. The molecule has 7 heteroatoms. The Balaban J connectivity index is 2.03. The fourth-order valence-electron chi connectivity index (χ4n) is 2.75. The molecule has 2 aromatic rings. The highest BCUT2D eigenvalue weighted by molar-refractivity contribution is 7.20. The van der Waals surface area contributed by atoms with Crippen molar-refractivity contribution < 1.29 is 9.53 Å². The SMILES string of the molecule is Cc1c(C(=O)OCC(C)C)sc2nc(Cl)nc(N3CCCC3)c12. The minimum absolute atomic E-state index is 0.225. The summed E-state index contributed by atoms with van der Waals surface area (Å²) in [4.78, 5) is 24.6. The highest BCUT2D eigenvalue weighted by atomic mass is 35.5. The van der Waals surface area contributed by atoms with E-state index in [9.17, 15) is 4.79 Å². The van der Waals surface area contributed by atoms with Crippen molar-refractivity contribution in [1.82, 2.24) is 9.97 Å². The molecule has 0 spiro atoms. The minimum atomic E-state index is -0.289. The smallest absolute Gasteiger partial charge is 0.348 e. The van der Waals surface area contributed by atoms with E-state index < -0.39 is 0 Å². The Kier molecular flexibility index (Phi) is 4.73. The molecule has 3 heterocycles. The topological polar surface area (TPSA) is 55.3 Å². The van der Waals surface area contributed by atoms with Crippen molar-refractivity contribution >= 4 is 44.9 Å². The van der Waals surface area contributed by atoms with Crippen LogP contribution in [0.5, 0.6) is 0 Å². The molecule has 1 saturated heterocycles. The summed E-state index contributed by atoms with van der Waals surface area (Å²) in [5.74, 6) is 0.861. The fourth-order valence-corrected chi connectivity index (χ4v) is 4.04. The number of aromatic nitrogens is 2. The predicted molar refractivity (Wildman–Crippen MR) is 93.7 cm³/mol. The number of ether oxygens (including phenoxy) is 1. The molecular formula is C16H20ClN3O2S. The van der Waals surface area contributed by atoms with Crippen LogP contribution in [-0.4, -0.2) is 35.6 Å². The molecular weight excluding hydrogens is 334 g/mol. The number of carbonyl (C=O) groups is 1. The van der Waals surface area contributed by atoms with Gasteiger partial charge in [-0.15, -0.1) is 11.3 Å². The van der Waals surface area contributed by atoms with Crippen molar-refractivity contribution in [1.29, 1.82) is 0 Å². The van der Waals surface area contributed by atoms with Gasteiger partial charge in [0.1, 0.15) is 15.5 Å². The number of fused-ring (bicyclic) bond motifs is 1. The molecule has 0 N–H and O–H groups in total. The third-order valence-corrected chi connectivity index (χ3v) is 5.22. The second kappa shape index (κ2) is 6.61. The van der Waals surface area contributed by atoms with E-state index in [0.717, 1.165) is 47.5 Å². The number of hydrogen-bond donors (Lipinski definition) is 0. The first-order valence-corrected chi connectivity index (χ1v) is 9.05. The van der Waals surface area contributed by atoms with Gasteiger partial charge in [-0.05, 0) is 42.8 Å². The van der Waals surface area contributed by atoms with Crippen LogP contribution < -0.4 is 4.90 Å². The number of thiophene rings is 1. The molecule has 2 aromatic heterocycles. The summed E-state index contributed by atoms with van der Waals surface area (Å²) in [6.45, 7) is 8.30. The van der Waals surface area contributed by atoms with Gasteiger partial charge >= 0.3 is 5.97 Å². The Morgan fingerprint density at radius 2 is 2.04 bits per heavy atom. The number of hydrogen-bond acceptors (Lipinski definition) is 6. The van der Waals surface area contributed by atoms with Crippen LogP contribution in [0.2, 0.25) is 5.28 Å². The Morgan fingerprint density at radius 3 is 2.70 bits per heavy atom. The van der Waals surface area contributed by atoms with E-state index in [-0.39, 0.29) is 11.3 Å². The van der Waals surface area contributed by atoms with Crippen LogP contribution >= 0.6 is 22.9 Å². The molecule has 23 heavy (non-hydrogen) atoms. The second-order valence-electron chi connectivity index (χ2n) is 6.24. The number of rotatable bonds is 4. The van der Waals surface area contributed by atoms with Gasteiger partial charge in [0.2, 0.25) is 5.28 Å². The van der Waals surface area contributed by atoms with Gasteiger partial charge in [0.25, 0.3) is 0 Å². The summed E-state index contributed by atoms with van der Waals surface area (Å²) in [6, 6.07) is 0. The average molecular weight is 354 g/mol. The first kappa shape index (κ1) is 16.5. The zero-order valence-corrected chi connectivity index (χ0v) is 15.1. The van der Waals surface area contributed by atoms with Crippen LogP contribution in [0.4, 0.5) is 5.82 Å². The average Bonchev–Trinajstić information content (AvgIpc) is 3.12. The fraction of sp³-hybridized carbons (Fsp3) is 0.562. The maximum Gasteiger partial charge on any atom is 0.348 e. The maximum atomic E-state index is 12.4. The van der Waals surface area contributed by atoms with Crippen LogP contribution in [0.3, 0.4) is 0 Å². The normalized spacial score (nSPS) is 14.9. The van der Waals surface area contributed by atoms with E-state index >= 15 is 0 Å². The number of aryl methyl sites for hydroxylation is 1. The molecule has 0 amide bonds. The maximum absolute atomic E-state index is 12.4. The molecule has 0 aliphatic carbocycles. The second-order valence-corrected chi connectivity index (χ2v) is 7.58. The molecule has 1 aliphatic rings. The summed E-state index contributed by atoms with van der Waals surface area (Å²) in [6.07, 6.45) is 2.30. The number of carbonyl (C=O) groups excluding carboxylic acids is 1. The Morgan fingerprint density at radius 1 is 1.35 bits per heavy atom. The van der Waals surface area contributed by atoms with Gasteiger partial charge in [-0.2, -0.15) is 4.98 Å². The number of anilines is 1. The lowest BCUT2D eigenvalue weighted by Crippen LogP contribution is -2.19. The van der Waals surface area contributed by atoms with Crippen LogP contribution in [0, 0.1) is 12.8 Å². The number of esters is 1. The summed E-state index contributed by atoms with van der Waals surface area (Å²) in [7, 11) is 0. The van der Waals surface area contributed by atoms with Crippen molar-refractivity contribution in [3.63, 3.8) is 0 Å². The van der Waals surface area contributed by atoms with E-state index in [4.69, 9.17) is 16.3 Å². The third-order valence-electron chi connectivity index (χ3n) is 3.88. The van der Waals surface area contributed by atoms with E-state index in [1.807, 2.05) is 20.8 Å². The number of nitrogens with zero attached hydrogens (tertiary/aromatic N) is 3. The zero-order valence-electron chi connectivity index (χ0n) is 13.6. The van der Waals surface area contributed by atoms with Crippen LogP contribution in [0.15, 0.2) is 0 Å². The van der Waals surface area contributed by atoms with Crippen LogP contribution in [-0.2, 0) is 4.74 Å². The molecule has 1 aliphatic heterocycles. The molecule has 0 radical (unpaired) electrons. The summed E-state index contributed by atoms with van der Waals surface area (Å²) in [5, 5.41) is 1.15. The quantitative estimate of drug-likeness (QED) is 0.612. The molecule has 0 atom stereocenters. The zero-order chi connectivity index (χ0) is 16.6. The Hall–Kier alpha value is -1.40. The predicted octanol–water partition coefficient (Wildman–Crippen LogP) is 4.07. The molecule has 0 saturated carbocycles. The molecule has 5 nitrogen and oxygen atoms in total. The third kappa shape index (κ3) is 3.28. The summed E-state index contributed by atoms with van der Waals surface area (Å²) in [5.41, 5.74) is 0.886. The van der Waals surface area contributed by atoms with Gasteiger partial charge in [-0.25, -0.2) is 9.78 Å². The molecule has 0 bridgehead atoms. The van der Waals surface area contributed by atoms with E-state index in [1.165, 1.54) is 11.3 Å². The Bertz CT molecular complexity index is 738. The van der Waals surface area contributed by atoms with E-state index in [2.05, 4.69) is 14.9 Å². The molecule has 3 rings (SSSR count). The Labute approximate surface area is 144 Å². The van der Waals surface area contributed by atoms with Gasteiger partial charge in [0, 0.05) is 13.1 Å². The molecule has 124 valence electrons. The van der Waals surface area contributed by atoms with Crippen molar-refractivity contribution in [2.75, 3.05) is 24.6 Å². The monoisotopic (exact) mass is 353 g/mol. The van der Waals surface area contributed by atoms with E-state index in [0.29, 0.717) is 17.4 Å². The minimum Gasteiger partial charge on any atom is -0.461 e. The van der Waals surface area contributed by atoms with Gasteiger partial charge in [0.15, 0.2) is 0 Å². The largest absolute Gasteiger partial charge is 0.461 e. The molecule has 0 unspecified atom stereocenters.